The zero-order valence-electron chi connectivity index (χ0n) is 20.3. The van der Waals surface area contributed by atoms with Gasteiger partial charge in [-0.3, -0.25) is 14.3 Å². The van der Waals surface area contributed by atoms with E-state index in [4.69, 9.17) is 16.3 Å². The summed E-state index contributed by atoms with van der Waals surface area (Å²) in [4.78, 5) is 39.1. The van der Waals surface area contributed by atoms with Gasteiger partial charge in [-0.25, -0.2) is 4.79 Å². The van der Waals surface area contributed by atoms with Crippen LogP contribution in [0.2, 0.25) is 5.02 Å². The van der Waals surface area contributed by atoms with Gasteiger partial charge < -0.3 is 15.0 Å². The van der Waals surface area contributed by atoms with E-state index in [1.807, 2.05) is 32.0 Å². The molecule has 1 N–H and O–H groups in total. The van der Waals surface area contributed by atoms with Crippen LogP contribution in [-0.4, -0.2) is 52.2 Å². The van der Waals surface area contributed by atoms with E-state index in [9.17, 15) is 14.4 Å². The summed E-state index contributed by atoms with van der Waals surface area (Å²) >= 11 is 6.24. The number of nitrogens with one attached hydrogen (secondary N) is 1. The summed E-state index contributed by atoms with van der Waals surface area (Å²) in [5.74, 6) is -1.18. The number of benzene rings is 2. The molecule has 35 heavy (non-hydrogen) atoms. The molecule has 8 nitrogen and oxygen atoms in total. The maximum Gasteiger partial charge on any atom is 0.342 e. The molecule has 2 aromatic carbocycles. The molecule has 0 aliphatic heterocycles. The number of aromatic nitrogens is 2. The maximum atomic E-state index is 12.7. The minimum Gasteiger partial charge on any atom is -0.452 e. The molecule has 0 aliphatic rings. The Morgan fingerprint density at radius 3 is 2.31 bits per heavy atom. The zero-order valence-corrected chi connectivity index (χ0v) is 21.1. The Balaban J connectivity index is 1.59. The van der Waals surface area contributed by atoms with E-state index in [-0.39, 0.29) is 5.91 Å². The number of rotatable bonds is 9. The molecule has 3 aromatic rings. The van der Waals surface area contributed by atoms with Gasteiger partial charge in [-0.15, -0.1) is 0 Å². The number of amides is 2. The van der Waals surface area contributed by atoms with Crippen molar-refractivity contribution in [2.45, 2.75) is 34.2 Å². The highest BCUT2D eigenvalue weighted by atomic mass is 35.5. The van der Waals surface area contributed by atoms with Crippen LogP contribution in [0.4, 0.5) is 5.69 Å². The predicted molar refractivity (Wildman–Crippen MR) is 135 cm³/mol. The number of hydrogen-bond donors (Lipinski definition) is 1. The number of anilines is 1. The Morgan fingerprint density at radius 1 is 1.03 bits per heavy atom. The zero-order chi connectivity index (χ0) is 25.5. The predicted octanol–water partition coefficient (Wildman–Crippen LogP) is 4.48. The number of hydrogen-bond acceptors (Lipinski definition) is 5. The number of ether oxygens (including phenoxy) is 1. The van der Waals surface area contributed by atoms with Crippen molar-refractivity contribution >= 4 is 35.1 Å². The lowest BCUT2D eigenvalue weighted by Crippen LogP contribution is -2.30. The third kappa shape index (κ3) is 6.27. The molecule has 0 saturated carbocycles. The topological polar surface area (TPSA) is 93.5 Å². The SMILES string of the molecule is CCN(CC)C(=O)c1ccc(NC(=O)COC(=O)c2c(C)nn(Cc3ccccc3Cl)c2C)cc1. The lowest BCUT2D eigenvalue weighted by atomic mass is 10.1. The average Bonchev–Trinajstić information content (AvgIpc) is 3.12. The smallest absolute Gasteiger partial charge is 0.342 e. The largest absolute Gasteiger partial charge is 0.452 e. The highest BCUT2D eigenvalue weighted by Crippen LogP contribution is 2.20. The summed E-state index contributed by atoms with van der Waals surface area (Å²) in [6.07, 6.45) is 0. The fourth-order valence-electron chi connectivity index (χ4n) is 3.72. The van der Waals surface area contributed by atoms with E-state index in [1.54, 1.807) is 53.8 Å². The number of esters is 1. The third-order valence-corrected chi connectivity index (χ3v) is 6.03. The van der Waals surface area contributed by atoms with Gasteiger partial charge in [0, 0.05) is 29.4 Å². The molecule has 0 spiro atoms. The van der Waals surface area contributed by atoms with Gasteiger partial charge in [0.2, 0.25) is 0 Å². The van der Waals surface area contributed by atoms with Gasteiger partial charge in [0.1, 0.15) is 5.56 Å². The van der Waals surface area contributed by atoms with Crippen molar-refractivity contribution in [2.75, 3.05) is 25.0 Å². The van der Waals surface area contributed by atoms with E-state index in [2.05, 4.69) is 10.4 Å². The van der Waals surface area contributed by atoms with E-state index in [0.29, 0.717) is 52.9 Å². The van der Waals surface area contributed by atoms with Gasteiger partial charge in [-0.2, -0.15) is 5.10 Å². The molecule has 0 aliphatic carbocycles. The first-order valence-electron chi connectivity index (χ1n) is 11.4. The van der Waals surface area contributed by atoms with Gasteiger partial charge in [-0.05, 0) is 63.6 Å². The summed E-state index contributed by atoms with van der Waals surface area (Å²) in [6.45, 7) is 8.53. The first kappa shape index (κ1) is 26.0. The van der Waals surface area contributed by atoms with Crippen molar-refractivity contribution < 1.29 is 19.1 Å². The fourth-order valence-corrected chi connectivity index (χ4v) is 3.92. The number of nitrogens with zero attached hydrogens (tertiary/aromatic N) is 3. The average molecular weight is 497 g/mol. The lowest BCUT2D eigenvalue weighted by molar-refractivity contribution is -0.119. The van der Waals surface area contributed by atoms with Crippen LogP contribution in [0.15, 0.2) is 48.5 Å². The quantitative estimate of drug-likeness (QED) is 0.441. The minimum atomic E-state index is -0.624. The van der Waals surface area contributed by atoms with Crippen LogP contribution in [0.3, 0.4) is 0 Å². The highest BCUT2D eigenvalue weighted by Gasteiger charge is 2.21. The lowest BCUT2D eigenvalue weighted by Gasteiger charge is -2.18. The second-order valence-corrected chi connectivity index (χ2v) is 8.38. The standard InChI is InChI=1S/C26H29ClN4O4/c1-5-30(6-2)25(33)19-11-13-21(14-12-19)28-23(32)16-35-26(34)24-17(3)29-31(18(24)4)15-20-9-7-8-10-22(20)27/h7-14H,5-6,15-16H2,1-4H3,(H,28,32). The van der Waals surface area contributed by atoms with Gasteiger partial charge in [0.25, 0.3) is 11.8 Å². The van der Waals surface area contributed by atoms with Crippen LogP contribution in [0.25, 0.3) is 0 Å². The molecule has 9 heteroatoms. The van der Waals surface area contributed by atoms with Crippen molar-refractivity contribution in [2.24, 2.45) is 0 Å². The van der Waals surface area contributed by atoms with Gasteiger partial charge >= 0.3 is 5.97 Å². The van der Waals surface area contributed by atoms with E-state index in [0.717, 1.165) is 5.56 Å². The molecule has 1 aromatic heterocycles. The molecule has 0 unspecified atom stereocenters. The van der Waals surface area contributed by atoms with Crippen LogP contribution < -0.4 is 5.32 Å². The van der Waals surface area contributed by atoms with Crippen molar-refractivity contribution in [3.63, 3.8) is 0 Å². The minimum absolute atomic E-state index is 0.0670. The van der Waals surface area contributed by atoms with Gasteiger partial charge in [0.15, 0.2) is 6.61 Å². The molecular weight excluding hydrogens is 468 g/mol. The van der Waals surface area contributed by atoms with Gasteiger partial charge in [-0.1, -0.05) is 29.8 Å². The molecular formula is C26H29ClN4O4. The van der Waals surface area contributed by atoms with Crippen molar-refractivity contribution in [1.82, 2.24) is 14.7 Å². The van der Waals surface area contributed by atoms with Crippen molar-refractivity contribution in [3.05, 3.63) is 81.6 Å². The van der Waals surface area contributed by atoms with Crippen LogP contribution >= 0.6 is 11.6 Å². The Kier molecular flexibility index (Phi) is 8.65. The Morgan fingerprint density at radius 2 is 1.69 bits per heavy atom. The van der Waals surface area contributed by atoms with Crippen molar-refractivity contribution in [1.29, 1.82) is 0 Å². The fraction of sp³-hybridized carbons (Fsp3) is 0.308. The molecule has 3 rings (SSSR count). The monoisotopic (exact) mass is 496 g/mol. The van der Waals surface area contributed by atoms with Crippen LogP contribution in [-0.2, 0) is 16.1 Å². The van der Waals surface area contributed by atoms with Gasteiger partial charge in [0.05, 0.1) is 17.9 Å². The normalized spacial score (nSPS) is 10.7. The van der Waals surface area contributed by atoms with Crippen LogP contribution in [0, 0.1) is 13.8 Å². The molecule has 0 fully saturated rings. The number of aryl methyl sites for hydroxylation is 1. The molecule has 1 heterocycles. The third-order valence-electron chi connectivity index (χ3n) is 5.66. The van der Waals surface area contributed by atoms with E-state index >= 15 is 0 Å². The summed E-state index contributed by atoms with van der Waals surface area (Å²) in [7, 11) is 0. The molecule has 184 valence electrons. The van der Waals surface area contributed by atoms with Crippen LogP contribution in [0.5, 0.6) is 0 Å². The second kappa shape index (κ2) is 11.7. The molecule has 2 amide bonds. The summed E-state index contributed by atoms with van der Waals surface area (Å²) in [6, 6.07) is 14.0. The first-order chi connectivity index (χ1) is 16.7. The Hall–Kier alpha value is -3.65. The molecule has 0 saturated heterocycles. The Bertz CT molecular complexity index is 1220. The van der Waals surface area contributed by atoms with E-state index in [1.165, 1.54) is 0 Å². The molecule has 0 radical (unpaired) electrons. The number of carbonyl (C=O) groups excluding carboxylic acids is 3. The number of carbonyl (C=O) groups is 3. The number of halogens is 1. The summed E-state index contributed by atoms with van der Waals surface area (Å²) < 4.78 is 6.93. The van der Waals surface area contributed by atoms with E-state index < -0.39 is 18.5 Å². The summed E-state index contributed by atoms with van der Waals surface area (Å²) in [5.41, 5.74) is 3.38. The maximum absolute atomic E-state index is 12.7. The Labute approximate surface area is 209 Å². The van der Waals surface area contributed by atoms with Crippen molar-refractivity contribution in [3.8, 4) is 0 Å². The molecule has 0 atom stereocenters. The highest BCUT2D eigenvalue weighted by molar-refractivity contribution is 6.31. The molecule has 0 bridgehead atoms. The first-order valence-corrected chi connectivity index (χ1v) is 11.8. The van der Waals surface area contributed by atoms with Crippen LogP contribution in [0.1, 0.15) is 51.5 Å². The summed E-state index contributed by atoms with van der Waals surface area (Å²) in [5, 5.41) is 7.72. The second-order valence-electron chi connectivity index (χ2n) is 7.97.